The maximum Gasteiger partial charge on any atom is 0.0570 e. The van der Waals surface area contributed by atoms with Crippen LogP contribution in [0.5, 0.6) is 0 Å². The predicted molar refractivity (Wildman–Crippen MR) is 127 cm³/mol. The summed E-state index contributed by atoms with van der Waals surface area (Å²) in [6, 6.07) is 0. The molecule has 5 heterocycles. The highest BCUT2D eigenvalue weighted by Gasteiger charge is 3.00. The molecule has 0 nitrogen and oxygen atoms in total. The third-order valence-corrected chi connectivity index (χ3v) is 37.8. The van der Waals surface area contributed by atoms with Gasteiger partial charge in [-0.1, -0.05) is 99.6 Å². The van der Waals surface area contributed by atoms with Gasteiger partial charge in [0.25, 0.3) is 0 Å². The Labute approximate surface area is 163 Å². The molecule has 0 aliphatic carbocycles. The molecule has 0 aromatic rings. The maximum absolute atomic E-state index is 2.62. The monoisotopic (exact) mass is 432 g/mol. The molecule has 0 radical (unpaired) electrons. The van der Waals surface area contributed by atoms with E-state index in [-0.39, 0.29) is 15.5 Å². The first-order chi connectivity index (χ1) is 10.9. The summed E-state index contributed by atoms with van der Waals surface area (Å²) in [4.78, 5) is 1.25. The Morgan fingerprint density at radius 1 is 0.760 bits per heavy atom. The summed E-state index contributed by atoms with van der Waals surface area (Å²) in [5.41, 5.74) is 1.78. The molecule has 0 N–H and O–H groups in total. The molecule has 0 spiro atoms. The van der Waals surface area contributed by atoms with Crippen molar-refractivity contribution in [3.05, 3.63) is 0 Å². The molecule has 5 unspecified atom stereocenters. The SMILES string of the molecule is CC(C)(C)C1=P[C@]2(C(C)(C)C)P3P4PC2(C(C)(C)C)P1[C@@]43C(C)(C)C. The van der Waals surface area contributed by atoms with E-state index < -0.39 is 0 Å². The van der Waals surface area contributed by atoms with Crippen LogP contribution in [-0.2, 0) is 0 Å². The first-order valence-corrected chi connectivity index (χ1v) is 17.2. The highest BCUT2D eigenvalue weighted by Crippen LogP contribution is 3.37. The second-order valence-corrected chi connectivity index (χ2v) is 28.3. The summed E-state index contributed by atoms with van der Waals surface area (Å²) in [5, 5.41) is 2.01. The van der Waals surface area contributed by atoms with Crippen molar-refractivity contribution >= 4 is 44.3 Å². The zero-order valence-electron chi connectivity index (χ0n) is 18.3. The molecule has 7 atom stereocenters. The van der Waals surface area contributed by atoms with E-state index in [4.69, 9.17) is 0 Å². The van der Waals surface area contributed by atoms with Gasteiger partial charge in [0.15, 0.2) is 0 Å². The lowest BCUT2D eigenvalue weighted by atomic mass is 9.78. The van der Waals surface area contributed by atoms with Crippen molar-refractivity contribution in [2.75, 3.05) is 0 Å². The second kappa shape index (κ2) is 4.79. The smallest absolute Gasteiger partial charge is 0.0570 e. The normalized spacial score (nSPS) is 49.8. The molecule has 142 valence electrons. The number of hydrogen-bond donors (Lipinski definition) is 0. The van der Waals surface area contributed by atoms with Crippen LogP contribution in [0.1, 0.15) is 83.1 Å². The van der Waals surface area contributed by atoms with Gasteiger partial charge in [-0.2, -0.15) is 0 Å². The Bertz CT molecular complexity index is 683. The van der Waals surface area contributed by atoms with Crippen molar-refractivity contribution in [2.24, 2.45) is 21.7 Å². The average Bonchev–Trinajstić information content (AvgIpc) is 2.68. The molecule has 4 fully saturated rings. The van der Waals surface area contributed by atoms with Gasteiger partial charge in [0, 0.05) is 4.90 Å². The first-order valence-electron chi connectivity index (χ1n) is 9.71. The largest absolute Gasteiger partial charge is 0.0859 e. The van der Waals surface area contributed by atoms with Crippen molar-refractivity contribution in [3.8, 4) is 0 Å². The minimum absolute atomic E-state index is 0.0222. The van der Waals surface area contributed by atoms with Gasteiger partial charge in [0.2, 0.25) is 0 Å². The molecule has 6 bridgehead atoms. The Balaban J connectivity index is 2.09. The molecule has 5 rings (SSSR count). The Kier molecular flexibility index (Phi) is 3.86. The van der Waals surface area contributed by atoms with Crippen LogP contribution in [0.4, 0.5) is 0 Å². The lowest BCUT2D eigenvalue weighted by molar-refractivity contribution is 0.253. The quantitative estimate of drug-likeness (QED) is 0.335. The summed E-state index contributed by atoms with van der Waals surface area (Å²) in [5.74, 6) is 0. The second-order valence-electron chi connectivity index (χ2n) is 12.5. The molecule has 0 saturated carbocycles. The summed E-state index contributed by atoms with van der Waals surface area (Å²) < 4.78 is 0.778. The van der Waals surface area contributed by atoms with E-state index in [0.29, 0.717) is 38.8 Å². The molecule has 25 heavy (non-hydrogen) atoms. The Morgan fingerprint density at radius 3 is 1.60 bits per heavy atom. The number of hydrogen-bond acceptors (Lipinski definition) is 0. The molecule has 5 aliphatic heterocycles. The molecular weight excluding hydrogens is 395 g/mol. The summed E-state index contributed by atoms with van der Waals surface area (Å²) >= 11 is 0. The van der Waals surface area contributed by atoms with Crippen LogP contribution in [0, 0.1) is 21.7 Å². The zero-order valence-corrected chi connectivity index (χ0v) is 22.9. The minimum atomic E-state index is 0.0222. The van der Waals surface area contributed by atoms with Crippen LogP contribution in [-0.4, -0.2) is 19.5 Å². The molecule has 0 amide bonds. The molecule has 5 aliphatic rings. The Morgan fingerprint density at radius 2 is 1.28 bits per heavy atom. The van der Waals surface area contributed by atoms with E-state index in [9.17, 15) is 0 Å². The van der Waals surface area contributed by atoms with Crippen molar-refractivity contribution in [2.45, 2.75) is 97.5 Å². The molecule has 0 aromatic heterocycles. The fraction of sp³-hybridized carbons (Fsp3) is 0.950. The van der Waals surface area contributed by atoms with E-state index in [2.05, 4.69) is 83.1 Å². The van der Waals surface area contributed by atoms with Crippen LogP contribution in [0.3, 0.4) is 0 Å². The van der Waals surface area contributed by atoms with Crippen LogP contribution in [0.15, 0.2) is 0 Å². The van der Waals surface area contributed by atoms with Gasteiger partial charge in [-0.05, 0) is 49.5 Å². The zero-order chi connectivity index (χ0) is 19.2. The standard InChI is InChI=1S/C20H37P5/c1-14(2,3)13-21-18(15(4,5)6)19(16(7,8)9)22-25-20(23(13)19,24(18)25)17(10,11)12/h22H,1-12H3/t18-,19?,20-,23?,24?,25?/m1/s1. The maximum atomic E-state index is 2.62. The van der Waals surface area contributed by atoms with Gasteiger partial charge in [-0.15, -0.1) is 0 Å². The van der Waals surface area contributed by atoms with E-state index in [1.165, 1.54) is 8.27 Å². The molecular formula is C20H37P5. The fourth-order valence-corrected chi connectivity index (χ4v) is 55.6. The lowest BCUT2D eigenvalue weighted by Crippen LogP contribution is -2.52. The van der Waals surface area contributed by atoms with E-state index in [1.807, 2.05) is 13.2 Å². The molecule has 4 saturated heterocycles. The Hall–Kier alpha value is 1.89. The topological polar surface area (TPSA) is 0 Å². The summed E-state index contributed by atoms with van der Waals surface area (Å²) in [6.07, 6.45) is 0. The van der Waals surface area contributed by atoms with Gasteiger partial charge in [0.1, 0.15) is 0 Å². The average molecular weight is 432 g/mol. The van der Waals surface area contributed by atoms with Crippen molar-refractivity contribution in [1.82, 2.24) is 0 Å². The van der Waals surface area contributed by atoms with Crippen LogP contribution >= 0.6 is 39.3 Å². The van der Waals surface area contributed by atoms with Gasteiger partial charge < -0.3 is 0 Å². The van der Waals surface area contributed by atoms with E-state index in [0.717, 1.165) is 4.64 Å². The van der Waals surface area contributed by atoms with Gasteiger partial charge >= 0.3 is 0 Å². The highest BCUT2D eigenvalue weighted by molar-refractivity contribution is 8.80. The minimum Gasteiger partial charge on any atom is -0.0859 e. The third-order valence-electron chi connectivity index (χ3n) is 6.76. The summed E-state index contributed by atoms with van der Waals surface area (Å²) in [6.45, 7) is 31.1. The van der Waals surface area contributed by atoms with E-state index in [1.54, 1.807) is 0 Å². The summed E-state index contributed by atoms with van der Waals surface area (Å²) in [7, 11) is 3.69. The lowest BCUT2D eigenvalue weighted by Gasteiger charge is -2.53. The van der Waals surface area contributed by atoms with Gasteiger partial charge in [0.05, 0.1) is 9.54 Å². The number of rotatable bonds is 0. The van der Waals surface area contributed by atoms with Crippen molar-refractivity contribution < 1.29 is 0 Å². The third kappa shape index (κ3) is 1.83. The fourth-order valence-electron chi connectivity index (χ4n) is 5.89. The van der Waals surface area contributed by atoms with Gasteiger partial charge in [-0.25, -0.2) is 0 Å². The van der Waals surface area contributed by atoms with Crippen LogP contribution in [0.2, 0.25) is 0 Å². The van der Waals surface area contributed by atoms with Crippen molar-refractivity contribution in [1.29, 1.82) is 0 Å². The predicted octanol–water partition coefficient (Wildman–Crippen LogP) is 9.30. The molecule has 0 aromatic carbocycles. The first kappa shape index (κ1) is 20.2. The molecule has 5 heteroatoms. The van der Waals surface area contributed by atoms with E-state index >= 15 is 0 Å². The van der Waals surface area contributed by atoms with Crippen LogP contribution in [0.25, 0.3) is 0 Å². The van der Waals surface area contributed by atoms with Crippen molar-refractivity contribution in [3.63, 3.8) is 0 Å². The highest BCUT2D eigenvalue weighted by atomic mass is 32.5. The van der Waals surface area contributed by atoms with Gasteiger partial charge in [-0.3, -0.25) is 0 Å². The van der Waals surface area contributed by atoms with Crippen LogP contribution < -0.4 is 0 Å².